The third-order valence-corrected chi connectivity index (χ3v) is 7.00. The van der Waals surface area contributed by atoms with E-state index in [1.54, 1.807) is 0 Å². The van der Waals surface area contributed by atoms with Crippen LogP contribution in [-0.2, 0) is 30.8 Å². The van der Waals surface area contributed by atoms with Crippen LogP contribution in [0.2, 0.25) is 5.02 Å². The number of hydrogen-bond acceptors (Lipinski definition) is 5. The molecule has 170 valence electrons. The van der Waals surface area contributed by atoms with Gasteiger partial charge in [0.05, 0.1) is 15.6 Å². The molecule has 0 fully saturated rings. The summed E-state index contributed by atoms with van der Waals surface area (Å²) in [6.07, 6.45) is 3.38. The predicted molar refractivity (Wildman–Crippen MR) is 123 cm³/mol. The van der Waals surface area contributed by atoms with Gasteiger partial charge in [0.15, 0.2) is 6.61 Å². The van der Waals surface area contributed by atoms with Crippen LogP contribution in [0.4, 0.5) is 5.69 Å². The highest BCUT2D eigenvalue weighted by Crippen LogP contribution is 2.26. The SMILES string of the molecule is CN(C)S(=O)(=O)c1ccc(Cl)c(NC(=O)COC(=O)CCCc2c[nH]c3ccccc23)c1. The molecule has 0 spiro atoms. The fraction of sp³-hybridized carbons (Fsp3) is 0.273. The van der Waals surface area contributed by atoms with Gasteiger partial charge in [-0.3, -0.25) is 9.59 Å². The van der Waals surface area contributed by atoms with E-state index in [4.69, 9.17) is 16.3 Å². The molecule has 0 aliphatic heterocycles. The van der Waals surface area contributed by atoms with Gasteiger partial charge in [0.25, 0.3) is 5.91 Å². The number of H-pyrrole nitrogens is 1. The van der Waals surface area contributed by atoms with Gasteiger partial charge in [0.2, 0.25) is 10.0 Å². The summed E-state index contributed by atoms with van der Waals surface area (Å²) in [6, 6.07) is 11.9. The Morgan fingerprint density at radius 2 is 1.91 bits per heavy atom. The minimum atomic E-state index is -3.68. The molecule has 0 aliphatic rings. The zero-order valence-corrected chi connectivity index (χ0v) is 19.3. The number of anilines is 1. The summed E-state index contributed by atoms with van der Waals surface area (Å²) in [6.45, 7) is -0.493. The predicted octanol–water partition coefficient (Wildman–Crippen LogP) is 3.58. The number of benzene rings is 2. The highest BCUT2D eigenvalue weighted by atomic mass is 35.5. The Balaban J connectivity index is 1.49. The quantitative estimate of drug-likeness (QED) is 0.458. The van der Waals surface area contributed by atoms with Gasteiger partial charge in [-0.05, 0) is 42.7 Å². The molecule has 10 heteroatoms. The molecular formula is C22H24ClN3O5S. The van der Waals surface area contributed by atoms with Crippen molar-refractivity contribution in [3.8, 4) is 0 Å². The molecule has 1 amide bonds. The number of hydrogen-bond donors (Lipinski definition) is 2. The maximum Gasteiger partial charge on any atom is 0.306 e. The summed E-state index contributed by atoms with van der Waals surface area (Å²) < 4.78 is 30.6. The lowest BCUT2D eigenvalue weighted by Crippen LogP contribution is -2.23. The van der Waals surface area contributed by atoms with Gasteiger partial charge in [-0.2, -0.15) is 0 Å². The molecule has 0 atom stereocenters. The second-order valence-corrected chi connectivity index (χ2v) is 9.91. The molecule has 1 aromatic heterocycles. The molecule has 3 aromatic rings. The van der Waals surface area contributed by atoms with E-state index < -0.39 is 28.5 Å². The van der Waals surface area contributed by atoms with Crippen LogP contribution in [0.15, 0.2) is 53.6 Å². The van der Waals surface area contributed by atoms with E-state index in [0.29, 0.717) is 12.8 Å². The molecule has 32 heavy (non-hydrogen) atoms. The summed E-state index contributed by atoms with van der Waals surface area (Å²) in [5.41, 5.74) is 2.28. The molecule has 0 aliphatic carbocycles. The standard InChI is InChI=1S/C22H24ClN3O5S/c1-26(2)32(29,30)16-10-11-18(23)20(12-16)25-21(27)14-31-22(28)9-5-6-15-13-24-19-8-4-3-7-17(15)19/h3-4,7-8,10-13,24H,5-6,9,14H2,1-2H3,(H,25,27). The van der Waals surface area contributed by atoms with Crippen LogP contribution in [0, 0.1) is 0 Å². The van der Waals surface area contributed by atoms with Crippen LogP contribution in [-0.4, -0.2) is 50.3 Å². The Morgan fingerprint density at radius 3 is 2.66 bits per heavy atom. The van der Waals surface area contributed by atoms with Crippen molar-refractivity contribution in [2.75, 3.05) is 26.0 Å². The monoisotopic (exact) mass is 477 g/mol. The lowest BCUT2D eigenvalue weighted by Gasteiger charge is -2.14. The number of esters is 1. The summed E-state index contributed by atoms with van der Waals surface area (Å²) in [5, 5.41) is 3.77. The third-order valence-electron chi connectivity index (χ3n) is 4.86. The average molecular weight is 478 g/mol. The fourth-order valence-electron chi connectivity index (χ4n) is 3.14. The minimum absolute atomic E-state index is 0.0172. The number of para-hydroxylation sites is 1. The van der Waals surface area contributed by atoms with Crippen LogP contribution >= 0.6 is 11.6 Å². The summed E-state index contributed by atoms with van der Waals surface area (Å²) >= 11 is 6.06. The first-order valence-corrected chi connectivity index (χ1v) is 11.7. The molecular weight excluding hydrogens is 454 g/mol. The third kappa shape index (κ3) is 5.67. The van der Waals surface area contributed by atoms with Gasteiger partial charge in [-0.15, -0.1) is 0 Å². The molecule has 2 aromatic carbocycles. The van der Waals surface area contributed by atoms with Crippen molar-refractivity contribution < 1.29 is 22.7 Å². The molecule has 2 N–H and O–H groups in total. The maximum atomic E-state index is 12.3. The van der Waals surface area contributed by atoms with Crippen LogP contribution in [0.5, 0.6) is 0 Å². The van der Waals surface area contributed by atoms with Gasteiger partial charge >= 0.3 is 5.97 Å². The number of rotatable bonds is 9. The largest absolute Gasteiger partial charge is 0.456 e. The number of nitrogens with one attached hydrogen (secondary N) is 2. The van der Waals surface area contributed by atoms with Crippen molar-refractivity contribution in [1.29, 1.82) is 0 Å². The van der Waals surface area contributed by atoms with E-state index in [9.17, 15) is 18.0 Å². The maximum absolute atomic E-state index is 12.3. The molecule has 0 unspecified atom stereocenters. The van der Waals surface area contributed by atoms with Gasteiger partial charge in [-0.25, -0.2) is 12.7 Å². The van der Waals surface area contributed by atoms with E-state index in [1.807, 2.05) is 30.5 Å². The topological polar surface area (TPSA) is 109 Å². The Morgan fingerprint density at radius 1 is 1.16 bits per heavy atom. The van der Waals surface area contributed by atoms with Crippen molar-refractivity contribution in [1.82, 2.24) is 9.29 Å². The van der Waals surface area contributed by atoms with Crippen LogP contribution in [0.3, 0.4) is 0 Å². The van der Waals surface area contributed by atoms with E-state index in [0.717, 1.165) is 20.8 Å². The zero-order valence-electron chi connectivity index (χ0n) is 17.7. The highest BCUT2D eigenvalue weighted by molar-refractivity contribution is 7.89. The van der Waals surface area contributed by atoms with Crippen molar-refractivity contribution in [3.63, 3.8) is 0 Å². The number of nitrogens with zero attached hydrogens (tertiary/aromatic N) is 1. The number of ether oxygens (including phenoxy) is 1. The van der Waals surface area contributed by atoms with Crippen LogP contribution in [0.1, 0.15) is 18.4 Å². The first kappa shape index (κ1) is 23.8. The Kier molecular flexibility index (Phi) is 7.55. The number of fused-ring (bicyclic) bond motifs is 1. The van der Waals surface area contributed by atoms with Gasteiger partial charge in [0, 0.05) is 37.6 Å². The summed E-state index contributed by atoms with van der Waals surface area (Å²) in [4.78, 5) is 27.3. The average Bonchev–Trinajstić information content (AvgIpc) is 3.17. The van der Waals surface area contributed by atoms with Crippen molar-refractivity contribution in [2.24, 2.45) is 0 Å². The van der Waals surface area contributed by atoms with Crippen LogP contribution < -0.4 is 5.32 Å². The number of sulfonamides is 1. The molecule has 1 heterocycles. The van der Waals surface area contributed by atoms with E-state index in [-0.39, 0.29) is 22.0 Å². The van der Waals surface area contributed by atoms with E-state index in [2.05, 4.69) is 10.3 Å². The van der Waals surface area contributed by atoms with Crippen LogP contribution in [0.25, 0.3) is 10.9 Å². The first-order chi connectivity index (χ1) is 15.2. The molecule has 0 saturated carbocycles. The Hall–Kier alpha value is -2.88. The van der Waals surface area contributed by atoms with Crippen molar-refractivity contribution in [2.45, 2.75) is 24.2 Å². The van der Waals surface area contributed by atoms with E-state index in [1.165, 1.54) is 32.3 Å². The molecule has 3 rings (SSSR count). The first-order valence-electron chi connectivity index (χ1n) is 9.91. The van der Waals surface area contributed by atoms with Gasteiger partial charge < -0.3 is 15.0 Å². The Bertz CT molecular complexity index is 1240. The number of carbonyl (C=O) groups excluding carboxylic acids is 2. The van der Waals surface area contributed by atoms with E-state index >= 15 is 0 Å². The number of aromatic amines is 1. The number of aromatic nitrogens is 1. The second kappa shape index (κ2) is 10.2. The fourth-order valence-corrected chi connectivity index (χ4v) is 4.23. The molecule has 0 bridgehead atoms. The summed E-state index contributed by atoms with van der Waals surface area (Å²) in [5.74, 6) is -1.11. The lowest BCUT2D eigenvalue weighted by molar-refractivity contribution is -0.147. The van der Waals surface area contributed by atoms with Crippen molar-refractivity contribution in [3.05, 3.63) is 59.2 Å². The minimum Gasteiger partial charge on any atom is -0.456 e. The number of halogens is 1. The van der Waals surface area contributed by atoms with Gasteiger partial charge in [0.1, 0.15) is 0 Å². The highest BCUT2D eigenvalue weighted by Gasteiger charge is 2.19. The Labute approximate surface area is 191 Å². The second-order valence-electron chi connectivity index (χ2n) is 7.35. The van der Waals surface area contributed by atoms with Gasteiger partial charge in [-0.1, -0.05) is 29.8 Å². The molecule has 0 radical (unpaired) electrons. The smallest absolute Gasteiger partial charge is 0.306 e. The lowest BCUT2D eigenvalue weighted by atomic mass is 10.1. The number of carbonyl (C=O) groups is 2. The molecule has 8 nitrogen and oxygen atoms in total. The summed E-state index contributed by atoms with van der Waals surface area (Å²) in [7, 11) is -0.879. The van der Waals surface area contributed by atoms with Crippen molar-refractivity contribution >= 4 is 50.1 Å². The zero-order chi connectivity index (χ0) is 23.3. The normalized spacial score (nSPS) is 11.6. The molecule has 0 saturated heterocycles. The number of aryl methyl sites for hydroxylation is 1. The number of amides is 1.